The Labute approximate surface area is 128 Å². The molecular weight excluding hydrogens is 268 g/mol. The van der Waals surface area contributed by atoms with Crippen molar-refractivity contribution in [2.75, 3.05) is 0 Å². The average molecular weight is 298 g/mol. The number of hydrogen-bond donors (Lipinski definition) is 2. The minimum Gasteiger partial charge on any atom is -0.480 e. The molecule has 2 N–H and O–H groups in total. The van der Waals surface area contributed by atoms with Crippen molar-refractivity contribution in [1.82, 2.24) is 0 Å². The fourth-order valence-corrected chi connectivity index (χ4v) is 2.25. The van der Waals surface area contributed by atoms with Gasteiger partial charge in [0.1, 0.15) is 0 Å². The quantitative estimate of drug-likeness (QED) is 0.278. The molecule has 0 rings (SSSR count). The lowest BCUT2D eigenvalue weighted by molar-refractivity contribution is -0.151. The Morgan fingerprint density at radius 1 is 0.810 bits per heavy atom. The largest absolute Gasteiger partial charge is 0.480 e. The van der Waals surface area contributed by atoms with Crippen LogP contribution in [0.2, 0.25) is 0 Å². The first-order valence-corrected chi connectivity index (χ1v) is 8.21. The summed E-state index contributed by atoms with van der Waals surface area (Å²) in [6, 6.07) is 0. The summed E-state index contributed by atoms with van der Waals surface area (Å²) in [6.45, 7) is 2.23. The summed E-state index contributed by atoms with van der Waals surface area (Å²) in [5.41, 5.74) is 0. The van der Waals surface area contributed by atoms with Gasteiger partial charge in [-0.1, -0.05) is 76.9 Å². The molecule has 0 saturated heterocycles. The van der Waals surface area contributed by atoms with E-state index in [0.29, 0.717) is 0 Å². The highest BCUT2D eigenvalue weighted by Crippen LogP contribution is 2.11. The molecule has 0 bridgehead atoms. The van der Waals surface area contributed by atoms with Crippen LogP contribution in [0.3, 0.4) is 0 Å². The Balaban J connectivity index is 3.43. The highest BCUT2D eigenvalue weighted by atomic mass is 16.4. The second kappa shape index (κ2) is 13.7. The van der Waals surface area contributed by atoms with Crippen LogP contribution in [0.25, 0.3) is 0 Å². The molecule has 21 heavy (non-hydrogen) atoms. The van der Waals surface area contributed by atoms with Crippen molar-refractivity contribution in [3.8, 4) is 0 Å². The first-order valence-electron chi connectivity index (χ1n) is 8.21. The lowest BCUT2D eigenvalue weighted by Crippen LogP contribution is -2.20. The molecule has 0 aromatic rings. The van der Waals surface area contributed by atoms with Crippen LogP contribution in [-0.2, 0) is 9.59 Å². The van der Waals surface area contributed by atoms with E-state index in [1.165, 1.54) is 57.4 Å². The molecule has 122 valence electrons. The van der Waals surface area contributed by atoms with Crippen molar-refractivity contribution in [3.63, 3.8) is 0 Å². The first kappa shape index (κ1) is 19.7. The Kier molecular flexibility index (Phi) is 12.8. The second-order valence-corrected chi connectivity index (χ2v) is 5.55. The summed E-state index contributed by atoms with van der Waals surface area (Å²) in [5.74, 6) is -4.02. The molecule has 0 aliphatic heterocycles. The van der Waals surface area contributed by atoms with Crippen molar-refractivity contribution in [2.24, 2.45) is 5.92 Å². The van der Waals surface area contributed by atoms with Gasteiger partial charge in [-0.05, 0) is 12.8 Å². The van der Waals surface area contributed by atoms with E-state index in [1.807, 2.05) is 0 Å². The normalized spacial score (nSPS) is 11.3. The fourth-order valence-electron chi connectivity index (χ4n) is 2.25. The van der Waals surface area contributed by atoms with Gasteiger partial charge in [0.05, 0.1) is 0 Å². The summed E-state index contributed by atoms with van der Waals surface area (Å²) in [6.07, 6.45) is 16.3. The summed E-state index contributed by atoms with van der Waals surface area (Å²) >= 11 is 0. The van der Waals surface area contributed by atoms with Gasteiger partial charge in [-0.25, -0.2) is 0 Å². The smallest absolute Gasteiger partial charge is 0.321 e. The van der Waals surface area contributed by atoms with Crippen LogP contribution in [0.4, 0.5) is 0 Å². The lowest BCUT2D eigenvalue weighted by atomic mass is 10.0. The second-order valence-electron chi connectivity index (χ2n) is 5.55. The van der Waals surface area contributed by atoms with E-state index >= 15 is 0 Å². The molecule has 0 radical (unpaired) electrons. The van der Waals surface area contributed by atoms with E-state index in [0.717, 1.165) is 19.3 Å². The van der Waals surface area contributed by atoms with Gasteiger partial charge < -0.3 is 10.2 Å². The maximum atomic E-state index is 10.6. The number of carbonyl (C=O) groups is 2. The van der Waals surface area contributed by atoms with Gasteiger partial charge in [0.2, 0.25) is 0 Å². The summed E-state index contributed by atoms with van der Waals surface area (Å²) in [7, 11) is 0. The van der Waals surface area contributed by atoms with Crippen molar-refractivity contribution < 1.29 is 19.8 Å². The molecule has 0 atom stereocenters. The van der Waals surface area contributed by atoms with Crippen LogP contribution in [0.5, 0.6) is 0 Å². The van der Waals surface area contributed by atoms with Gasteiger partial charge in [-0.2, -0.15) is 0 Å². The number of carboxylic acid groups (broad SMARTS) is 2. The van der Waals surface area contributed by atoms with Gasteiger partial charge in [0.25, 0.3) is 0 Å². The SMILES string of the molecule is CCCCCCCCCCCC/C=C/C(C(=O)O)C(=O)O. The highest BCUT2D eigenvalue weighted by molar-refractivity contribution is 5.94. The number of hydrogen-bond acceptors (Lipinski definition) is 2. The van der Waals surface area contributed by atoms with Gasteiger partial charge in [-0.3, -0.25) is 9.59 Å². The van der Waals surface area contributed by atoms with Crippen LogP contribution >= 0.6 is 0 Å². The van der Waals surface area contributed by atoms with Crippen molar-refractivity contribution in [1.29, 1.82) is 0 Å². The molecule has 0 amide bonds. The number of rotatable bonds is 14. The third-order valence-electron chi connectivity index (χ3n) is 3.58. The molecule has 0 aliphatic rings. The van der Waals surface area contributed by atoms with Crippen LogP contribution in [-0.4, -0.2) is 22.2 Å². The minimum absolute atomic E-state index is 0.758. The molecule has 0 spiro atoms. The molecule has 0 aliphatic carbocycles. The Morgan fingerprint density at radius 3 is 1.67 bits per heavy atom. The molecule has 0 saturated carbocycles. The van der Waals surface area contributed by atoms with E-state index in [9.17, 15) is 9.59 Å². The Hall–Kier alpha value is -1.32. The van der Waals surface area contributed by atoms with Gasteiger partial charge in [0.15, 0.2) is 5.92 Å². The average Bonchev–Trinajstić information content (AvgIpc) is 2.43. The standard InChI is InChI=1S/C17H30O4/c1-2-3-4-5-6-7-8-9-10-11-12-13-14-15(16(18)19)17(20)21/h13-15H,2-12H2,1H3,(H,18,19)(H,20,21)/b14-13+. The minimum atomic E-state index is -1.41. The first-order chi connectivity index (χ1) is 10.1. The number of unbranched alkanes of at least 4 members (excludes halogenated alkanes) is 10. The topological polar surface area (TPSA) is 74.6 Å². The molecule has 4 nitrogen and oxygen atoms in total. The van der Waals surface area contributed by atoms with Gasteiger partial charge in [-0.15, -0.1) is 0 Å². The van der Waals surface area contributed by atoms with E-state index in [2.05, 4.69) is 6.92 Å². The zero-order chi connectivity index (χ0) is 15.9. The van der Waals surface area contributed by atoms with Gasteiger partial charge in [0, 0.05) is 0 Å². The molecule has 4 heteroatoms. The Morgan fingerprint density at radius 2 is 1.24 bits per heavy atom. The highest BCUT2D eigenvalue weighted by Gasteiger charge is 2.21. The number of aliphatic carboxylic acids is 2. The monoisotopic (exact) mass is 298 g/mol. The van der Waals surface area contributed by atoms with Crippen molar-refractivity contribution in [2.45, 2.75) is 77.6 Å². The molecule has 0 unspecified atom stereocenters. The van der Waals surface area contributed by atoms with E-state index in [4.69, 9.17) is 10.2 Å². The van der Waals surface area contributed by atoms with E-state index in [-0.39, 0.29) is 0 Å². The predicted molar refractivity (Wildman–Crippen MR) is 84.4 cm³/mol. The van der Waals surface area contributed by atoms with E-state index in [1.54, 1.807) is 6.08 Å². The number of carboxylic acids is 2. The molecular formula is C17H30O4. The summed E-state index contributed by atoms with van der Waals surface area (Å²) in [5, 5.41) is 17.4. The summed E-state index contributed by atoms with van der Waals surface area (Å²) in [4.78, 5) is 21.3. The molecule has 0 aromatic heterocycles. The zero-order valence-electron chi connectivity index (χ0n) is 13.2. The van der Waals surface area contributed by atoms with Crippen LogP contribution in [0, 0.1) is 5.92 Å². The predicted octanol–water partition coefficient (Wildman–Crippen LogP) is 4.64. The van der Waals surface area contributed by atoms with Crippen LogP contribution in [0.1, 0.15) is 77.6 Å². The molecule has 0 aromatic carbocycles. The molecule has 0 heterocycles. The van der Waals surface area contributed by atoms with Gasteiger partial charge >= 0.3 is 11.9 Å². The summed E-state index contributed by atoms with van der Waals surface area (Å²) < 4.78 is 0. The lowest BCUT2D eigenvalue weighted by Gasteiger charge is -2.02. The third-order valence-corrected chi connectivity index (χ3v) is 3.58. The fraction of sp³-hybridized carbons (Fsp3) is 0.765. The third kappa shape index (κ3) is 12.2. The van der Waals surface area contributed by atoms with Crippen molar-refractivity contribution in [3.05, 3.63) is 12.2 Å². The number of allylic oxidation sites excluding steroid dienone is 1. The van der Waals surface area contributed by atoms with Crippen LogP contribution < -0.4 is 0 Å². The van der Waals surface area contributed by atoms with Crippen molar-refractivity contribution >= 4 is 11.9 Å². The maximum Gasteiger partial charge on any atom is 0.321 e. The zero-order valence-corrected chi connectivity index (χ0v) is 13.2. The van der Waals surface area contributed by atoms with Crippen LogP contribution in [0.15, 0.2) is 12.2 Å². The Bertz CT molecular complexity index is 296. The maximum absolute atomic E-state index is 10.6. The van der Waals surface area contributed by atoms with E-state index < -0.39 is 17.9 Å². The molecule has 0 fully saturated rings.